The number of nitrogens with one attached hydrogen (secondary N) is 2. The number of aliphatic carboxylic acids is 1. The topological polar surface area (TPSA) is 95.1 Å². The maximum atomic E-state index is 13.4. The molecule has 0 fully saturated rings. The van der Waals surface area contributed by atoms with Crippen LogP contribution in [-0.2, 0) is 11.2 Å². The molecule has 0 bridgehead atoms. The van der Waals surface area contributed by atoms with Crippen molar-refractivity contribution in [2.75, 3.05) is 11.5 Å². The third-order valence-electron chi connectivity index (χ3n) is 4.98. The summed E-state index contributed by atoms with van der Waals surface area (Å²) in [7, 11) is 0. The number of halogens is 1. The Hall–Kier alpha value is -3.39. The lowest BCUT2D eigenvalue weighted by Crippen LogP contribution is -2.41. The predicted molar refractivity (Wildman–Crippen MR) is 130 cm³/mol. The number of hydrogen-bond donors (Lipinski definition) is 3. The fourth-order valence-corrected chi connectivity index (χ4v) is 3.98. The zero-order chi connectivity index (χ0) is 23.6. The molecule has 1 atom stereocenters. The molecule has 0 aliphatic carbocycles. The summed E-state index contributed by atoms with van der Waals surface area (Å²) in [5.41, 5.74) is 2.86. The van der Waals surface area contributed by atoms with E-state index in [1.54, 1.807) is 54.5 Å². The van der Waals surface area contributed by atoms with E-state index in [1.165, 1.54) is 12.1 Å². The van der Waals surface area contributed by atoms with Crippen LogP contribution in [0.15, 0.2) is 60.9 Å². The van der Waals surface area contributed by atoms with E-state index in [-0.39, 0.29) is 5.82 Å². The molecule has 0 saturated heterocycles. The van der Waals surface area contributed by atoms with Crippen LogP contribution >= 0.6 is 11.8 Å². The van der Waals surface area contributed by atoms with Crippen LogP contribution in [0.1, 0.15) is 40.7 Å². The number of rotatable bonds is 11. The average molecular weight is 468 g/mol. The Balaban J connectivity index is 1.83. The minimum atomic E-state index is -1.05. The molecule has 3 rings (SSSR count). The molecule has 3 N–H and O–H groups in total. The van der Waals surface area contributed by atoms with Crippen LogP contribution in [0, 0.1) is 5.82 Å². The number of aromatic nitrogens is 2. The van der Waals surface area contributed by atoms with E-state index in [0.717, 1.165) is 28.3 Å². The van der Waals surface area contributed by atoms with E-state index in [0.29, 0.717) is 24.2 Å². The van der Waals surface area contributed by atoms with Crippen LogP contribution < -0.4 is 5.32 Å². The summed E-state index contributed by atoms with van der Waals surface area (Å²) in [6, 6.07) is 12.2. The highest BCUT2D eigenvalue weighted by molar-refractivity contribution is 7.99. The van der Waals surface area contributed by atoms with Crippen LogP contribution in [0.3, 0.4) is 0 Å². The van der Waals surface area contributed by atoms with Gasteiger partial charge in [0.1, 0.15) is 17.7 Å². The molecule has 33 heavy (non-hydrogen) atoms. The first-order chi connectivity index (χ1) is 16.0. The van der Waals surface area contributed by atoms with Gasteiger partial charge in [-0.1, -0.05) is 37.3 Å². The van der Waals surface area contributed by atoms with Gasteiger partial charge < -0.3 is 15.4 Å². The second-order valence-electron chi connectivity index (χ2n) is 7.36. The van der Waals surface area contributed by atoms with Gasteiger partial charge in [-0.15, -0.1) is 0 Å². The standard InChI is InChI=1S/C25H26FN3O3S/c1-2-33-13-10-22(25(31)32)29-24(30)19-5-3-4-17(14-19)15-20(16-23-27-11-12-28-23)18-6-8-21(26)9-7-18/h3-9,11-12,14-15,22H,2,10,13,16H2,1H3,(H,27,28)(H,29,30)(H,31,32)/t22-/m0/s1. The summed E-state index contributed by atoms with van der Waals surface area (Å²) < 4.78 is 13.4. The van der Waals surface area contributed by atoms with E-state index in [4.69, 9.17) is 0 Å². The highest BCUT2D eigenvalue weighted by atomic mass is 32.2. The molecule has 0 aliphatic heterocycles. The van der Waals surface area contributed by atoms with Gasteiger partial charge in [-0.25, -0.2) is 14.2 Å². The van der Waals surface area contributed by atoms with E-state index in [1.807, 2.05) is 19.1 Å². The lowest BCUT2D eigenvalue weighted by molar-refractivity contribution is -0.139. The minimum Gasteiger partial charge on any atom is -0.480 e. The number of nitrogens with zero attached hydrogens (tertiary/aromatic N) is 1. The molecular weight excluding hydrogens is 441 g/mol. The molecule has 6 nitrogen and oxygen atoms in total. The molecule has 2 aromatic carbocycles. The van der Waals surface area contributed by atoms with Gasteiger partial charge in [0, 0.05) is 24.4 Å². The smallest absolute Gasteiger partial charge is 0.326 e. The Morgan fingerprint density at radius 1 is 1.21 bits per heavy atom. The molecule has 0 aliphatic rings. The minimum absolute atomic E-state index is 0.319. The number of hydrogen-bond acceptors (Lipinski definition) is 4. The number of allylic oxidation sites excluding steroid dienone is 1. The quantitative estimate of drug-likeness (QED) is 0.282. The number of imidazole rings is 1. The highest BCUT2D eigenvalue weighted by Crippen LogP contribution is 2.23. The zero-order valence-electron chi connectivity index (χ0n) is 18.3. The van der Waals surface area contributed by atoms with Crippen LogP contribution in [0.4, 0.5) is 4.39 Å². The molecule has 1 heterocycles. The molecule has 172 valence electrons. The van der Waals surface area contributed by atoms with Gasteiger partial charge in [-0.2, -0.15) is 11.8 Å². The van der Waals surface area contributed by atoms with Crippen molar-refractivity contribution < 1.29 is 19.1 Å². The van der Waals surface area contributed by atoms with Crippen molar-refractivity contribution in [2.45, 2.75) is 25.8 Å². The number of H-pyrrole nitrogens is 1. The summed E-state index contributed by atoms with van der Waals surface area (Å²) in [6.07, 6.45) is 6.17. The molecule has 8 heteroatoms. The first-order valence-electron chi connectivity index (χ1n) is 10.6. The predicted octanol–water partition coefficient (Wildman–Crippen LogP) is 4.66. The first kappa shape index (κ1) is 24.3. The largest absolute Gasteiger partial charge is 0.480 e. The number of carbonyl (C=O) groups excluding carboxylic acids is 1. The summed E-state index contributed by atoms with van der Waals surface area (Å²) >= 11 is 1.63. The monoisotopic (exact) mass is 467 g/mol. The molecule has 0 unspecified atom stereocenters. The zero-order valence-corrected chi connectivity index (χ0v) is 19.1. The Morgan fingerprint density at radius 2 is 2.00 bits per heavy atom. The second-order valence-corrected chi connectivity index (χ2v) is 8.76. The molecule has 0 radical (unpaired) electrons. The third-order valence-corrected chi connectivity index (χ3v) is 5.91. The Labute approximate surface area is 196 Å². The van der Waals surface area contributed by atoms with Gasteiger partial charge in [0.25, 0.3) is 5.91 Å². The fourth-order valence-electron chi connectivity index (χ4n) is 3.29. The van der Waals surface area contributed by atoms with Gasteiger partial charge in [-0.3, -0.25) is 4.79 Å². The van der Waals surface area contributed by atoms with E-state index < -0.39 is 17.9 Å². The van der Waals surface area contributed by atoms with Gasteiger partial charge in [0.05, 0.1) is 0 Å². The Morgan fingerprint density at radius 3 is 2.67 bits per heavy atom. The van der Waals surface area contributed by atoms with Gasteiger partial charge in [-0.05, 0) is 58.9 Å². The maximum Gasteiger partial charge on any atom is 0.326 e. The second kappa shape index (κ2) is 12.0. The van der Waals surface area contributed by atoms with Crippen molar-refractivity contribution >= 4 is 35.3 Å². The average Bonchev–Trinajstić information content (AvgIpc) is 3.32. The Kier molecular flexibility index (Phi) is 8.83. The number of benzene rings is 2. The van der Waals surface area contributed by atoms with E-state index in [2.05, 4.69) is 15.3 Å². The number of aromatic amines is 1. The van der Waals surface area contributed by atoms with Crippen LogP contribution in [0.25, 0.3) is 11.6 Å². The number of amides is 1. The molecule has 1 aromatic heterocycles. The summed E-state index contributed by atoms with van der Waals surface area (Å²) in [5.74, 6) is 0.503. The third kappa shape index (κ3) is 7.32. The molecule has 3 aromatic rings. The van der Waals surface area contributed by atoms with E-state index in [9.17, 15) is 19.1 Å². The van der Waals surface area contributed by atoms with Crippen molar-refractivity contribution in [3.05, 3.63) is 89.3 Å². The van der Waals surface area contributed by atoms with Gasteiger partial charge in [0.2, 0.25) is 0 Å². The van der Waals surface area contributed by atoms with Crippen molar-refractivity contribution in [3.8, 4) is 0 Å². The van der Waals surface area contributed by atoms with E-state index >= 15 is 0 Å². The first-order valence-corrected chi connectivity index (χ1v) is 11.8. The van der Waals surface area contributed by atoms with Crippen molar-refractivity contribution in [2.24, 2.45) is 0 Å². The highest BCUT2D eigenvalue weighted by Gasteiger charge is 2.20. The molecule has 0 spiro atoms. The number of carboxylic acid groups (broad SMARTS) is 1. The summed E-state index contributed by atoms with van der Waals surface area (Å²) in [4.78, 5) is 31.6. The van der Waals surface area contributed by atoms with Gasteiger partial charge >= 0.3 is 5.97 Å². The summed E-state index contributed by atoms with van der Waals surface area (Å²) in [6.45, 7) is 2.00. The SMILES string of the molecule is CCSCC[C@H](NC(=O)c1cccc(C=C(Cc2ncc[nH]2)c2ccc(F)cc2)c1)C(=O)O. The van der Waals surface area contributed by atoms with Crippen LogP contribution in [0.5, 0.6) is 0 Å². The molecule has 0 saturated carbocycles. The lowest BCUT2D eigenvalue weighted by atomic mass is 9.98. The van der Waals surface area contributed by atoms with Crippen LogP contribution in [0.2, 0.25) is 0 Å². The molecular formula is C25H26FN3O3S. The fraction of sp³-hybridized carbons (Fsp3) is 0.240. The van der Waals surface area contributed by atoms with Crippen molar-refractivity contribution in [1.29, 1.82) is 0 Å². The number of carboxylic acids is 1. The summed E-state index contributed by atoms with van der Waals surface area (Å²) in [5, 5.41) is 12.1. The number of carbonyl (C=O) groups is 2. The van der Waals surface area contributed by atoms with Crippen LogP contribution in [-0.4, -0.2) is 44.5 Å². The normalized spacial score (nSPS) is 12.4. The van der Waals surface area contributed by atoms with Crippen molar-refractivity contribution in [1.82, 2.24) is 15.3 Å². The maximum absolute atomic E-state index is 13.4. The lowest BCUT2D eigenvalue weighted by Gasteiger charge is -2.14. The van der Waals surface area contributed by atoms with Gasteiger partial charge in [0.15, 0.2) is 0 Å². The number of thioether (sulfide) groups is 1. The van der Waals surface area contributed by atoms with Crippen molar-refractivity contribution in [3.63, 3.8) is 0 Å². The molecule has 1 amide bonds. The Bertz CT molecular complexity index is 1100.